The molecule has 0 aliphatic carbocycles. The minimum atomic E-state index is -1.16. The van der Waals surface area contributed by atoms with E-state index in [1.54, 1.807) is 51.8 Å². The van der Waals surface area contributed by atoms with Crippen molar-refractivity contribution >= 4 is 12.0 Å². The van der Waals surface area contributed by atoms with Crippen LogP contribution < -0.4 is 14.2 Å². The summed E-state index contributed by atoms with van der Waals surface area (Å²) in [6, 6.07) is 16.6. The van der Waals surface area contributed by atoms with Gasteiger partial charge in [-0.25, -0.2) is 13.8 Å². The van der Waals surface area contributed by atoms with Crippen LogP contribution in [-0.4, -0.2) is 77.9 Å². The fraction of sp³-hybridized carbons (Fsp3) is 0.395. The van der Waals surface area contributed by atoms with Crippen molar-refractivity contribution in [3.8, 4) is 17.2 Å². The summed E-state index contributed by atoms with van der Waals surface area (Å²) in [4.78, 5) is 23.4. The molecule has 3 aromatic carbocycles. The zero-order chi connectivity index (χ0) is 38.3. The monoisotopic (exact) mass is 740 g/mol. The summed E-state index contributed by atoms with van der Waals surface area (Å²) >= 11 is 0. The Kier molecular flexibility index (Phi) is 12.2. The van der Waals surface area contributed by atoms with Crippen molar-refractivity contribution in [3.63, 3.8) is 0 Å². The molecule has 1 amide bonds. The largest absolute Gasteiger partial charge is 0.493 e. The van der Waals surface area contributed by atoms with Crippen molar-refractivity contribution in [1.29, 1.82) is 0 Å². The van der Waals surface area contributed by atoms with Crippen LogP contribution in [0, 0.1) is 17.0 Å². The van der Waals surface area contributed by atoms with E-state index >= 15 is 0 Å². The molecule has 0 spiro atoms. The number of halogens is 2. The number of carbonyl (C=O) groups is 1. The number of carbonyl (C=O) groups excluding carboxylic acids is 1. The molecule has 0 bridgehead atoms. The predicted octanol–water partition coefficient (Wildman–Crippen LogP) is 7.16. The summed E-state index contributed by atoms with van der Waals surface area (Å²) < 4.78 is 46.2. The van der Waals surface area contributed by atoms with Crippen molar-refractivity contribution in [2.75, 3.05) is 47.5 Å². The fourth-order valence-electron chi connectivity index (χ4n) is 7.81. The number of piperidine rings is 1. The summed E-state index contributed by atoms with van der Waals surface area (Å²) in [5, 5.41) is 12.1. The Bertz CT molecular complexity index is 1930. The lowest BCUT2D eigenvalue weighted by Crippen LogP contribution is -2.46. The molecule has 2 fully saturated rings. The number of benzene rings is 3. The Labute approximate surface area is 316 Å². The maximum atomic E-state index is 14.5. The Morgan fingerprint density at radius 2 is 1.44 bits per heavy atom. The van der Waals surface area contributed by atoms with Gasteiger partial charge in [-0.2, -0.15) is 0 Å². The van der Waals surface area contributed by atoms with Gasteiger partial charge >= 0.3 is 0 Å². The second-order valence-corrected chi connectivity index (χ2v) is 14.3. The molecular formula is C43H50F2N4O5. The number of hydrogen-bond acceptors (Lipinski definition) is 7. The first-order valence-corrected chi connectivity index (χ1v) is 18.5. The summed E-state index contributed by atoms with van der Waals surface area (Å²) in [6.07, 6.45) is 12.3. The number of methoxy groups -OCH3 is 3. The molecule has 0 radical (unpaired) electrons. The zero-order valence-electron chi connectivity index (χ0n) is 31.6. The van der Waals surface area contributed by atoms with Crippen molar-refractivity contribution in [2.45, 2.75) is 57.7 Å². The maximum Gasteiger partial charge on any atom is 0.229 e. The molecule has 1 N–H and O–H groups in total. The first kappa shape index (κ1) is 38.7. The van der Waals surface area contributed by atoms with E-state index in [1.807, 2.05) is 52.8 Å². The number of likely N-dealkylation sites (tertiary alicyclic amines) is 2. The average Bonchev–Trinajstić information content (AvgIpc) is 3.72. The van der Waals surface area contributed by atoms with Crippen molar-refractivity contribution < 1.29 is 32.9 Å². The highest BCUT2D eigenvalue weighted by atomic mass is 19.1. The highest BCUT2D eigenvalue weighted by Crippen LogP contribution is 2.43. The van der Waals surface area contributed by atoms with Gasteiger partial charge in [0.05, 0.1) is 38.6 Å². The number of nitrogens with zero attached hydrogens (tertiary/aromatic N) is 4. The van der Waals surface area contributed by atoms with E-state index in [2.05, 4.69) is 4.90 Å². The van der Waals surface area contributed by atoms with Gasteiger partial charge in [0, 0.05) is 32.7 Å². The van der Waals surface area contributed by atoms with Crippen molar-refractivity contribution in [3.05, 3.63) is 125 Å². The van der Waals surface area contributed by atoms with E-state index in [0.29, 0.717) is 94.4 Å². The van der Waals surface area contributed by atoms with Crippen LogP contribution in [0.2, 0.25) is 0 Å². The average molecular weight is 741 g/mol. The number of rotatable bonds is 15. The van der Waals surface area contributed by atoms with E-state index < -0.39 is 11.0 Å². The SMILES string of the molecule is C/C=C/C=C/c1cnc(C2(O)CCN(CCC3(Cc4ccc(F)cc4)CCN(Cc4cc(OC)c(OC)c(OC)c4)C3=O)CC2)n1Cc1ccc(F)cc1. The molecule has 2 aliphatic rings. The van der Waals surface area contributed by atoms with Crippen LogP contribution in [-0.2, 0) is 29.9 Å². The van der Waals surface area contributed by atoms with Crippen LogP contribution in [0.3, 0.4) is 0 Å². The number of imidazole rings is 1. The second kappa shape index (κ2) is 17.0. The van der Waals surface area contributed by atoms with Crippen LogP contribution in [0.25, 0.3) is 6.08 Å². The van der Waals surface area contributed by atoms with E-state index in [0.717, 1.165) is 22.4 Å². The Morgan fingerprint density at radius 1 is 0.815 bits per heavy atom. The standard InChI is InChI=1S/C43H50F2N4O5/c1-5-6-7-8-36-28-46-40(49(36)30-32-11-15-35(45)16-12-32)43(51)19-22-47(23-20-43)21-17-42(27-31-9-13-34(44)14-10-31)18-24-48(41(42)50)29-33-25-37(52-2)39(54-4)38(26-33)53-3/h5-16,25-26,28,51H,17-24,27,29-30H2,1-4H3/b6-5+,8-7+. The Balaban J connectivity index is 1.18. The molecule has 54 heavy (non-hydrogen) atoms. The molecule has 1 unspecified atom stereocenters. The molecule has 0 saturated carbocycles. The summed E-state index contributed by atoms with van der Waals surface area (Å²) in [5.74, 6) is 1.60. The third kappa shape index (κ3) is 8.53. The minimum absolute atomic E-state index is 0.0652. The van der Waals surface area contributed by atoms with Crippen LogP contribution >= 0.6 is 0 Å². The first-order chi connectivity index (χ1) is 26.1. The van der Waals surface area contributed by atoms with Gasteiger partial charge in [0.25, 0.3) is 0 Å². The van der Waals surface area contributed by atoms with Gasteiger partial charge in [-0.15, -0.1) is 0 Å². The number of allylic oxidation sites excluding steroid dienone is 3. The molecule has 286 valence electrons. The number of aromatic nitrogens is 2. The van der Waals surface area contributed by atoms with Gasteiger partial charge in [0.1, 0.15) is 23.1 Å². The number of amides is 1. The van der Waals surface area contributed by atoms with Crippen LogP contribution in [0.4, 0.5) is 8.78 Å². The van der Waals surface area contributed by atoms with Gasteiger partial charge in [0.15, 0.2) is 11.5 Å². The molecule has 11 heteroatoms. The molecule has 1 atom stereocenters. The molecule has 4 aromatic rings. The van der Waals surface area contributed by atoms with E-state index in [-0.39, 0.29) is 17.5 Å². The number of ether oxygens (including phenoxy) is 3. The van der Waals surface area contributed by atoms with Crippen LogP contribution in [0.5, 0.6) is 17.2 Å². The minimum Gasteiger partial charge on any atom is -0.493 e. The predicted molar refractivity (Wildman–Crippen MR) is 204 cm³/mol. The highest BCUT2D eigenvalue weighted by molar-refractivity contribution is 5.85. The lowest BCUT2D eigenvalue weighted by atomic mass is 9.76. The van der Waals surface area contributed by atoms with E-state index in [9.17, 15) is 18.7 Å². The Morgan fingerprint density at radius 3 is 2.04 bits per heavy atom. The molecule has 6 rings (SSSR count). The van der Waals surface area contributed by atoms with Gasteiger partial charge in [-0.05, 0) is 105 Å². The summed E-state index contributed by atoms with van der Waals surface area (Å²) in [5.41, 5.74) is 1.70. The summed E-state index contributed by atoms with van der Waals surface area (Å²) in [6.45, 7) is 5.27. The van der Waals surface area contributed by atoms with Crippen molar-refractivity contribution in [1.82, 2.24) is 19.4 Å². The van der Waals surface area contributed by atoms with Gasteiger partial charge in [-0.3, -0.25) is 4.79 Å². The van der Waals surface area contributed by atoms with Gasteiger partial charge in [-0.1, -0.05) is 42.5 Å². The number of hydrogen-bond donors (Lipinski definition) is 1. The molecule has 3 heterocycles. The smallest absolute Gasteiger partial charge is 0.229 e. The van der Waals surface area contributed by atoms with E-state index in [4.69, 9.17) is 19.2 Å². The number of aliphatic hydroxyl groups is 1. The van der Waals surface area contributed by atoms with E-state index in [1.165, 1.54) is 24.3 Å². The molecule has 1 aromatic heterocycles. The molecule has 2 aliphatic heterocycles. The maximum absolute atomic E-state index is 14.5. The Hall–Kier alpha value is -5.00. The van der Waals surface area contributed by atoms with Crippen LogP contribution in [0.15, 0.2) is 85.1 Å². The molecular weight excluding hydrogens is 690 g/mol. The lowest BCUT2D eigenvalue weighted by molar-refractivity contribution is -0.137. The highest BCUT2D eigenvalue weighted by Gasteiger charge is 2.47. The quantitative estimate of drug-likeness (QED) is 0.130. The van der Waals surface area contributed by atoms with Gasteiger partial charge < -0.3 is 33.7 Å². The third-order valence-corrected chi connectivity index (χ3v) is 10.9. The summed E-state index contributed by atoms with van der Waals surface area (Å²) in [7, 11) is 4.70. The van der Waals surface area contributed by atoms with Crippen molar-refractivity contribution in [2.24, 2.45) is 5.41 Å². The topological polar surface area (TPSA) is 89.3 Å². The normalized spacial score (nSPS) is 18.9. The first-order valence-electron chi connectivity index (χ1n) is 18.5. The van der Waals surface area contributed by atoms with Gasteiger partial charge in [0.2, 0.25) is 11.7 Å². The van der Waals surface area contributed by atoms with Crippen LogP contribution in [0.1, 0.15) is 60.8 Å². The fourth-order valence-corrected chi connectivity index (χ4v) is 7.81. The second-order valence-electron chi connectivity index (χ2n) is 14.3. The lowest BCUT2D eigenvalue weighted by Gasteiger charge is -2.39. The molecule has 9 nitrogen and oxygen atoms in total. The molecule has 2 saturated heterocycles. The third-order valence-electron chi connectivity index (χ3n) is 10.9. The zero-order valence-corrected chi connectivity index (χ0v) is 31.6.